The highest BCUT2D eigenvalue weighted by Gasteiger charge is 2.37. The summed E-state index contributed by atoms with van der Waals surface area (Å²) in [6.07, 6.45) is 0. The summed E-state index contributed by atoms with van der Waals surface area (Å²) < 4.78 is 1.16. The van der Waals surface area contributed by atoms with Gasteiger partial charge in [0.05, 0.1) is 15.8 Å². The summed E-state index contributed by atoms with van der Waals surface area (Å²) in [5.74, 6) is 0.278. The van der Waals surface area contributed by atoms with E-state index in [9.17, 15) is 5.11 Å². The number of phenolic OH excluding ortho intramolecular Hbond substituents is 1. The van der Waals surface area contributed by atoms with Crippen LogP contribution in [0.3, 0.4) is 0 Å². The molecule has 3 aromatic carbocycles. The molecule has 1 aromatic heterocycles. The number of fused-ring (bicyclic) bond motifs is 5. The summed E-state index contributed by atoms with van der Waals surface area (Å²) in [7, 11) is 0. The second-order valence-electron chi connectivity index (χ2n) is 7.04. The summed E-state index contributed by atoms with van der Waals surface area (Å²) >= 11 is 1.64. The van der Waals surface area contributed by atoms with Crippen molar-refractivity contribution in [2.75, 3.05) is 0 Å². The van der Waals surface area contributed by atoms with Gasteiger partial charge in [-0.25, -0.2) is 4.98 Å². The van der Waals surface area contributed by atoms with Crippen molar-refractivity contribution in [3.8, 4) is 27.4 Å². The first-order valence-electron chi connectivity index (χ1n) is 8.39. The Balaban J connectivity index is 1.82. The van der Waals surface area contributed by atoms with E-state index < -0.39 is 0 Å². The summed E-state index contributed by atoms with van der Waals surface area (Å²) in [5.41, 5.74) is 7.02. The number of thiazole rings is 1. The molecule has 0 saturated heterocycles. The number of hydrogen-bond acceptors (Lipinski definition) is 3. The minimum absolute atomic E-state index is 0.0739. The van der Waals surface area contributed by atoms with Gasteiger partial charge in [-0.1, -0.05) is 56.3 Å². The maximum atomic E-state index is 10.2. The van der Waals surface area contributed by atoms with E-state index in [1.165, 1.54) is 22.3 Å². The van der Waals surface area contributed by atoms with Crippen LogP contribution in [-0.2, 0) is 5.41 Å². The van der Waals surface area contributed by atoms with E-state index in [0.717, 1.165) is 20.8 Å². The number of phenols is 1. The second-order valence-corrected chi connectivity index (χ2v) is 8.07. The molecule has 0 spiro atoms. The number of aromatic hydroxyl groups is 1. The monoisotopic (exact) mass is 343 g/mol. The fourth-order valence-corrected chi connectivity index (χ4v) is 5.03. The summed E-state index contributed by atoms with van der Waals surface area (Å²) in [6, 6.07) is 20.4. The fourth-order valence-electron chi connectivity index (χ4n) is 4.02. The molecular weight excluding hydrogens is 326 g/mol. The molecular formula is C22H17NOS. The van der Waals surface area contributed by atoms with Gasteiger partial charge in [-0.3, -0.25) is 0 Å². The lowest BCUT2D eigenvalue weighted by atomic mass is 9.82. The third kappa shape index (κ3) is 1.93. The number of benzene rings is 3. The molecule has 1 aliphatic carbocycles. The average molecular weight is 343 g/mol. The molecule has 4 aromatic rings. The molecule has 0 fully saturated rings. The van der Waals surface area contributed by atoms with Gasteiger partial charge in [0, 0.05) is 5.41 Å². The zero-order valence-electron chi connectivity index (χ0n) is 14.1. The van der Waals surface area contributed by atoms with Gasteiger partial charge in [-0.05, 0) is 40.5 Å². The predicted molar refractivity (Wildman–Crippen MR) is 104 cm³/mol. The van der Waals surface area contributed by atoms with Crippen LogP contribution in [0.1, 0.15) is 25.0 Å². The third-order valence-electron chi connectivity index (χ3n) is 5.21. The van der Waals surface area contributed by atoms with Gasteiger partial charge in [0.1, 0.15) is 10.8 Å². The molecule has 1 heterocycles. The van der Waals surface area contributed by atoms with Crippen molar-refractivity contribution in [3.05, 3.63) is 71.8 Å². The largest absolute Gasteiger partial charge is 0.507 e. The molecule has 0 unspecified atom stereocenters. The van der Waals surface area contributed by atoms with Crippen molar-refractivity contribution in [2.45, 2.75) is 19.3 Å². The maximum absolute atomic E-state index is 10.2. The zero-order valence-corrected chi connectivity index (χ0v) is 14.9. The Hall–Kier alpha value is -2.65. The summed E-state index contributed by atoms with van der Waals surface area (Å²) in [4.78, 5) is 4.95. The van der Waals surface area contributed by atoms with E-state index in [4.69, 9.17) is 4.98 Å². The molecule has 0 saturated carbocycles. The quantitative estimate of drug-likeness (QED) is 0.461. The van der Waals surface area contributed by atoms with Gasteiger partial charge < -0.3 is 5.11 Å². The van der Waals surface area contributed by atoms with E-state index in [2.05, 4.69) is 50.2 Å². The number of hydrogen-bond donors (Lipinski definition) is 1. The molecule has 0 atom stereocenters. The van der Waals surface area contributed by atoms with Crippen LogP contribution in [0.2, 0.25) is 0 Å². The Morgan fingerprint density at radius 3 is 2.36 bits per heavy atom. The molecule has 5 rings (SSSR count). The lowest BCUT2D eigenvalue weighted by Crippen LogP contribution is -2.15. The molecule has 1 N–H and O–H groups in total. The standard InChI is InChI=1S/C22H17NOS/c1-22(2)16-9-5-3-7-13(16)14-11-12-18-20(19(14)22)23-21(25-18)15-8-4-6-10-17(15)24/h3-12,24H,1-2H3. The highest BCUT2D eigenvalue weighted by atomic mass is 32.1. The average Bonchev–Trinajstić information content (AvgIpc) is 3.13. The van der Waals surface area contributed by atoms with Gasteiger partial charge in [0.25, 0.3) is 0 Å². The van der Waals surface area contributed by atoms with Gasteiger partial charge >= 0.3 is 0 Å². The van der Waals surface area contributed by atoms with Crippen molar-refractivity contribution >= 4 is 21.6 Å². The molecule has 0 bridgehead atoms. The normalized spacial score (nSPS) is 14.5. The third-order valence-corrected chi connectivity index (χ3v) is 6.26. The Labute approximate surface area is 150 Å². The first-order chi connectivity index (χ1) is 12.1. The van der Waals surface area contributed by atoms with Crippen molar-refractivity contribution in [1.29, 1.82) is 0 Å². The predicted octanol–water partition coefficient (Wildman–Crippen LogP) is 5.98. The fraction of sp³-hybridized carbons (Fsp3) is 0.136. The first-order valence-corrected chi connectivity index (χ1v) is 9.21. The molecule has 1 aliphatic rings. The van der Waals surface area contributed by atoms with Crippen LogP contribution in [-0.4, -0.2) is 10.1 Å². The van der Waals surface area contributed by atoms with E-state index >= 15 is 0 Å². The highest BCUT2D eigenvalue weighted by molar-refractivity contribution is 7.21. The van der Waals surface area contributed by atoms with Crippen LogP contribution in [0.5, 0.6) is 5.75 Å². The minimum atomic E-state index is -0.0739. The molecule has 0 radical (unpaired) electrons. The number of nitrogens with zero attached hydrogens (tertiary/aromatic N) is 1. The van der Waals surface area contributed by atoms with Gasteiger partial charge in [0.2, 0.25) is 0 Å². The van der Waals surface area contributed by atoms with Gasteiger partial charge in [-0.2, -0.15) is 0 Å². The molecule has 0 aliphatic heterocycles. The van der Waals surface area contributed by atoms with Crippen LogP contribution in [0.25, 0.3) is 31.9 Å². The molecule has 25 heavy (non-hydrogen) atoms. The van der Waals surface area contributed by atoms with E-state index in [1.807, 2.05) is 18.2 Å². The number of rotatable bonds is 1. The van der Waals surface area contributed by atoms with Gasteiger partial charge in [-0.15, -0.1) is 11.3 Å². The number of aromatic nitrogens is 1. The van der Waals surface area contributed by atoms with E-state index in [-0.39, 0.29) is 11.2 Å². The maximum Gasteiger partial charge on any atom is 0.128 e. The Morgan fingerprint density at radius 1 is 0.840 bits per heavy atom. The smallest absolute Gasteiger partial charge is 0.128 e. The van der Waals surface area contributed by atoms with Crippen LogP contribution >= 0.6 is 11.3 Å². The van der Waals surface area contributed by atoms with E-state index in [1.54, 1.807) is 17.4 Å². The van der Waals surface area contributed by atoms with Crippen molar-refractivity contribution < 1.29 is 5.11 Å². The topological polar surface area (TPSA) is 33.1 Å². The van der Waals surface area contributed by atoms with Crippen molar-refractivity contribution in [3.63, 3.8) is 0 Å². The SMILES string of the molecule is CC1(C)c2ccccc2-c2ccc3sc(-c4ccccc4O)nc3c21. The lowest BCUT2D eigenvalue weighted by molar-refractivity contribution is 0.477. The van der Waals surface area contributed by atoms with Gasteiger partial charge in [0.15, 0.2) is 0 Å². The first kappa shape index (κ1) is 14.7. The Morgan fingerprint density at radius 2 is 1.56 bits per heavy atom. The van der Waals surface area contributed by atoms with Crippen LogP contribution in [0.4, 0.5) is 0 Å². The Kier molecular flexibility index (Phi) is 2.89. The van der Waals surface area contributed by atoms with Crippen molar-refractivity contribution in [2.24, 2.45) is 0 Å². The van der Waals surface area contributed by atoms with Crippen LogP contribution in [0.15, 0.2) is 60.7 Å². The summed E-state index contributed by atoms with van der Waals surface area (Å²) in [5, 5.41) is 11.1. The number of para-hydroxylation sites is 1. The molecule has 3 heteroatoms. The van der Waals surface area contributed by atoms with E-state index in [0.29, 0.717) is 0 Å². The second kappa shape index (κ2) is 4.93. The lowest BCUT2D eigenvalue weighted by Gasteiger charge is -2.21. The molecule has 2 nitrogen and oxygen atoms in total. The highest BCUT2D eigenvalue weighted by Crippen LogP contribution is 2.52. The Bertz CT molecular complexity index is 1140. The van der Waals surface area contributed by atoms with Crippen molar-refractivity contribution in [1.82, 2.24) is 4.98 Å². The minimum Gasteiger partial charge on any atom is -0.507 e. The van der Waals surface area contributed by atoms with Crippen LogP contribution in [0, 0.1) is 0 Å². The zero-order chi connectivity index (χ0) is 17.2. The molecule has 0 amide bonds. The molecule has 122 valence electrons. The van der Waals surface area contributed by atoms with Crippen LogP contribution < -0.4 is 0 Å². The summed E-state index contributed by atoms with van der Waals surface area (Å²) in [6.45, 7) is 4.55.